The fourth-order valence-electron chi connectivity index (χ4n) is 6.50. The van der Waals surface area contributed by atoms with E-state index in [-0.39, 0.29) is 23.5 Å². The van der Waals surface area contributed by atoms with E-state index in [9.17, 15) is 0 Å². The molecule has 0 aliphatic heterocycles. The highest BCUT2D eigenvalue weighted by molar-refractivity contribution is 6.19. The van der Waals surface area contributed by atoms with Crippen molar-refractivity contribution in [1.82, 2.24) is 29.9 Å². The number of nitrogens with zero attached hydrogens (tertiary/aromatic N) is 6. The van der Waals surface area contributed by atoms with Crippen molar-refractivity contribution >= 4 is 33.1 Å². The molecule has 58 heavy (non-hydrogen) atoms. The summed E-state index contributed by atoms with van der Waals surface area (Å²) in [6, 6.07) is 57.2. The Morgan fingerprint density at radius 3 is 0.672 bits per heavy atom. The molecule has 0 amide bonds. The molecule has 0 fully saturated rings. The van der Waals surface area contributed by atoms with Crippen molar-refractivity contribution in [3.05, 3.63) is 182 Å². The predicted molar refractivity (Wildman–Crippen MR) is 223 cm³/mol. The first-order chi connectivity index (χ1) is 28.7. The van der Waals surface area contributed by atoms with E-state index in [1.54, 1.807) is 0 Å². The summed E-state index contributed by atoms with van der Waals surface area (Å²) in [4.78, 5) is 31.2. The van der Waals surface area contributed by atoms with Crippen LogP contribution < -0.4 is 18.9 Å². The molecule has 0 saturated carbocycles. The second-order valence-electron chi connectivity index (χ2n) is 13.1. The minimum Gasteiger partial charge on any atom is -0.435 e. The molecule has 0 unspecified atom stereocenters. The van der Waals surface area contributed by atoms with E-state index in [1.165, 1.54) is 0 Å². The molecule has 10 rings (SSSR count). The fraction of sp³-hybridized carbons (Fsp3) is 0. The molecule has 0 aliphatic rings. The third kappa shape index (κ3) is 6.82. The van der Waals surface area contributed by atoms with Gasteiger partial charge in [0.25, 0.3) is 23.5 Å². The average molecular weight is 755 g/mol. The molecule has 10 nitrogen and oxygen atoms in total. The lowest BCUT2D eigenvalue weighted by Gasteiger charge is -2.17. The lowest BCUT2D eigenvalue weighted by Crippen LogP contribution is -2.04. The lowest BCUT2D eigenvalue weighted by atomic mass is 10.0. The van der Waals surface area contributed by atoms with Crippen LogP contribution in [0, 0.1) is 0 Å². The Morgan fingerprint density at radius 1 is 0.224 bits per heavy atom. The molecule has 3 heterocycles. The Bertz CT molecular complexity index is 2830. The second-order valence-corrected chi connectivity index (χ2v) is 13.1. The summed E-state index contributed by atoms with van der Waals surface area (Å²) in [6.45, 7) is 0. The number of fused-ring (bicyclic) bond motifs is 6. The summed E-state index contributed by atoms with van der Waals surface area (Å²) >= 11 is 0. The molecule has 0 N–H and O–H groups in total. The maximum Gasteiger partial charge on any atom is 0.284 e. The van der Waals surface area contributed by atoms with Crippen molar-refractivity contribution < 1.29 is 18.9 Å². The molecule has 0 bridgehead atoms. The van der Waals surface area contributed by atoms with Gasteiger partial charge in [-0.25, -0.2) is 29.9 Å². The van der Waals surface area contributed by atoms with Crippen LogP contribution in [0.25, 0.3) is 55.6 Å². The van der Waals surface area contributed by atoms with Crippen molar-refractivity contribution in [3.63, 3.8) is 0 Å². The summed E-state index contributed by atoms with van der Waals surface area (Å²) < 4.78 is 25.7. The van der Waals surface area contributed by atoms with Crippen LogP contribution in [0.15, 0.2) is 182 Å². The van der Waals surface area contributed by atoms with Crippen molar-refractivity contribution in [2.24, 2.45) is 0 Å². The Kier molecular flexibility index (Phi) is 8.93. The van der Waals surface area contributed by atoms with Crippen LogP contribution in [0.1, 0.15) is 0 Å². The summed E-state index contributed by atoms with van der Waals surface area (Å²) in [6.07, 6.45) is 0. The van der Waals surface area contributed by atoms with Gasteiger partial charge in [-0.05, 0) is 48.5 Å². The molecule has 276 valence electrons. The van der Waals surface area contributed by atoms with Gasteiger partial charge < -0.3 is 18.9 Å². The third-order valence-electron chi connectivity index (χ3n) is 9.16. The lowest BCUT2D eigenvalue weighted by molar-refractivity contribution is 0.394. The number of rotatable bonds is 10. The standard InChI is InChI=1S/C48H30N6O4/c1-7-19-31(20-8-1)37-38(32-21-9-2-10-22-32)50-40-39(49-37)41-43(53-47(57-35-27-15-5-16-28-35)45(51-41)55-33-23-11-3-12-24-33)44-42(40)52-46(56-34-25-13-4-14-26-34)48(54-44)58-36-29-17-6-18-30-36/h1-30H. The zero-order chi connectivity index (χ0) is 38.7. The number of hydrogen-bond donors (Lipinski definition) is 0. The SMILES string of the molecule is c1ccc(Oc2nc3c4nc(Oc5ccccc5)c(Oc5ccccc5)nc4c4nc(-c5ccccc5)c(-c5ccccc5)nc4c3nc2Oc2ccccc2)cc1. The monoisotopic (exact) mass is 754 g/mol. The van der Waals surface area contributed by atoms with Crippen LogP contribution in [0.2, 0.25) is 0 Å². The summed E-state index contributed by atoms with van der Waals surface area (Å²) in [7, 11) is 0. The van der Waals surface area contributed by atoms with Crippen molar-refractivity contribution in [3.8, 4) is 69.0 Å². The smallest absolute Gasteiger partial charge is 0.284 e. The van der Waals surface area contributed by atoms with Crippen LogP contribution in [0.5, 0.6) is 46.5 Å². The Balaban J connectivity index is 1.32. The highest BCUT2D eigenvalue weighted by Crippen LogP contribution is 2.42. The molecular formula is C48H30N6O4. The largest absolute Gasteiger partial charge is 0.435 e. The molecular weight excluding hydrogens is 725 g/mol. The van der Waals surface area contributed by atoms with E-state index in [0.717, 1.165) is 11.1 Å². The van der Waals surface area contributed by atoms with Crippen molar-refractivity contribution in [1.29, 1.82) is 0 Å². The highest BCUT2D eigenvalue weighted by atomic mass is 16.5. The summed E-state index contributed by atoms with van der Waals surface area (Å²) in [5.41, 5.74) is 5.30. The molecule has 0 spiro atoms. The first-order valence-electron chi connectivity index (χ1n) is 18.5. The Hall–Kier alpha value is -8.24. The van der Waals surface area contributed by atoms with Gasteiger partial charge in [0, 0.05) is 11.1 Å². The maximum atomic E-state index is 6.42. The van der Waals surface area contributed by atoms with Gasteiger partial charge in [0.1, 0.15) is 56.1 Å². The summed E-state index contributed by atoms with van der Waals surface area (Å²) in [5, 5.41) is 0. The quantitative estimate of drug-likeness (QED) is 0.125. The molecule has 0 radical (unpaired) electrons. The van der Waals surface area contributed by atoms with Crippen LogP contribution in [0.3, 0.4) is 0 Å². The number of ether oxygens (including phenoxy) is 4. The van der Waals surface area contributed by atoms with E-state index in [1.807, 2.05) is 182 Å². The van der Waals surface area contributed by atoms with E-state index in [2.05, 4.69) is 0 Å². The van der Waals surface area contributed by atoms with Gasteiger partial charge in [0.15, 0.2) is 0 Å². The predicted octanol–water partition coefficient (Wildman–Crippen LogP) is 12.0. The fourth-order valence-corrected chi connectivity index (χ4v) is 6.50. The van der Waals surface area contributed by atoms with E-state index in [4.69, 9.17) is 48.9 Å². The highest BCUT2D eigenvalue weighted by Gasteiger charge is 2.26. The second kappa shape index (κ2) is 15.1. The molecule has 10 aromatic rings. The van der Waals surface area contributed by atoms with Crippen LogP contribution in [-0.2, 0) is 0 Å². The first-order valence-corrected chi connectivity index (χ1v) is 18.5. The zero-order valence-corrected chi connectivity index (χ0v) is 30.6. The molecule has 0 aliphatic carbocycles. The van der Waals surface area contributed by atoms with Gasteiger partial charge in [-0.1, -0.05) is 133 Å². The van der Waals surface area contributed by atoms with Gasteiger partial charge in [0.05, 0.1) is 11.4 Å². The molecule has 0 atom stereocenters. The van der Waals surface area contributed by atoms with Crippen LogP contribution in [-0.4, -0.2) is 29.9 Å². The van der Waals surface area contributed by atoms with Gasteiger partial charge in [-0.3, -0.25) is 0 Å². The number of para-hydroxylation sites is 4. The van der Waals surface area contributed by atoms with Gasteiger partial charge >= 0.3 is 0 Å². The van der Waals surface area contributed by atoms with Crippen LogP contribution in [0.4, 0.5) is 0 Å². The van der Waals surface area contributed by atoms with Gasteiger partial charge in [-0.2, -0.15) is 0 Å². The maximum absolute atomic E-state index is 6.42. The third-order valence-corrected chi connectivity index (χ3v) is 9.16. The van der Waals surface area contributed by atoms with E-state index < -0.39 is 0 Å². The molecule has 7 aromatic carbocycles. The molecule has 0 saturated heterocycles. The Morgan fingerprint density at radius 2 is 0.431 bits per heavy atom. The zero-order valence-electron chi connectivity index (χ0n) is 30.6. The number of aromatic nitrogens is 6. The van der Waals surface area contributed by atoms with Crippen molar-refractivity contribution in [2.45, 2.75) is 0 Å². The van der Waals surface area contributed by atoms with E-state index >= 15 is 0 Å². The minimum absolute atomic E-state index is 0.109. The van der Waals surface area contributed by atoms with Gasteiger partial charge in [0.2, 0.25) is 0 Å². The van der Waals surface area contributed by atoms with Crippen molar-refractivity contribution in [2.75, 3.05) is 0 Å². The minimum atomic E-state index is 0.109. The first kappa shape index (κ1) is 34.3. The number of hydrogen-bond acceptors (Lipinski definition) is 10. The summed E-state index contributed by atoms with van der Waals surface area (Å²) in [5.74, 6) is 2.62. The van der Waals surface area contributed by atoms with Crippen LogP contribution >= 0.6 is 0 Å². The van der Waals surface area contributed by atoms with E-state index in [0.29, 0.717) is 67.5 Å². The Labute approximate surface area is 332 Å². The topological polar surface area (TPSA) is 114 Å². The number of benzene rings is 7. The average Bonchev–Trinajstić information content (AvgIpc) is 3.29. The van der Waals surface area contributed by atoms with Gasteiger partial charge in [-0.15, -0.1) is 0 Å². The normalized spacial score (nSPS) is 11.1. The molecule has 3 aromatic heterocycles. The molecule has 10 heteroatoms.